The number of fused-ring (bicyclic) bond motifs is 3. The Hall–Kier alpha value is -3.12. The van der Waals surface area contributed by atoms with Gasteiger partial charge < -0.3 is 15.2 Å². The number of likely N-dealkylation sites (tertiary alicyclic amines) is 1. The number of carbonyl (C=O) groups excluding carboxylic acids is 2. The lowest BCUT2D eigenvalue weighted by Gasteiger charge is -2.23. The summed E-state index contributed by atoms with van der Waals surface area (Å²) in [4.78, 5) is 26.4. The maximum Gasteiger partial charge on any atom is 0.410 e. The Morgan fingerprint density at radius 1 is 1.07 bits per heavy atom. The maximum atomic E-state index is 12.8. The Bertz CT molecular complexity index is 896. The molecule has 2 aromatic rings. The second-order valence-corrected chi connectivity index (χ2v) is 7.39. The van der Waals surface area contributed by atoms with Crippen molar-refractivity contribution in [3.8, 4) is 11.1 Å². The standard InChI is InChI=1S/C23H24N2O4/c1-2-11-28-22(26)21-12-15(24)13-25(21)23(27)29-14-20-18-9-5-3-7-16(18)17-8-4-6-10-19(17)20/h2-10,15,20-21H,1,11-14,24H2/t15-,21+/m1/s1. The van der Waals surface area contributed by atoms with Gasteiger partial charge in [-0.3, -0.25) is 4.90 Å². The fourth-order valence-corrected chi connectivity index (χ4v) is 4.21. The molecule has 0 saturated carbocycles. The van der Waals surface area contributed by atoms with Crippen molar-refractivity contribution in [3.05, 3.63) is 72.3 Å². The van der Waals surface area contributed by atoms with Crippen molar-refractivity contribution in [3.63, 3.8) is 0 Å². The molecule has 0 bridgehead atoms. The first-order valence-electron chi connectivity index (χ1n) is 9.75. The third-order valence-electron chi connectivity index (χ3n) is 5.52. The Kier molecular flexibility index (Phi) is 5.36. The van der Waals surface area contributed by atoms with Crippen LogP contribution in [0.15, 0.2) is 61.2 Å². The molecule has 29 heavy (non-hydrogen) atoms. The van der Waals surface area contributed by atoms with Gasteiger partial charge in [-0.2, -0.15) is 0 Å². The van der Waals surface area contributed by atoms with E-state index in [0.29, 0.717) is 6.42 Å². The van der Waals surface area contributed by atoms with Gasteiger partial charge in [-0.25, -0.2) is 9.59 Å². The van der Waals surface area contributed by atoms with Gasteiger partial charge in [0.2, 0.25) is 0 Å². The molecule has 6 heteroatoms. The van der Waals surface area contributed by atoms with Crippen molar-refractivity contribution in [2.45, 2.75) is 24.4 Å². The zero-order valence-corrected chi connectivity index (χ0v) is 16.1. The molecule has 1 fully saturated rings. The largest absolute Gasteiger partial charge is 0.460 e. The molecule has 0 radical (unpaired) electrons. The number of nitrogens with zero attached hydrogens (tertiary/aromatic N) is 1. The van der Waals surface area contributed by atoms with Crippen LogP contribution in [0.4, 0.5) is 4.79 Å². The van der Waals surface area contributed by atoms with Gasteiger partial charge >= 0.3 is 12.1 Å². The minimum absolute atomic E-state index is 0.0335. The summed E-state index contributed by atoms with van der Waals surface area (Å²) in [6, 6.07) is 15.3. The molecule has 1 heterocycles. The minimum atomic E-state index is -0.722. The van der Waals surface area contributed by atoms with Crippen LogP contribution in [0.25, 0.3) is 11.1 Å². The average Bonchev–Trinajstić information content (AvgIpc) is 3.29. The fourth-order valence-electron chi connectivity index (χ4n) is 4.21. The van der Waals surface area contributed by atoms with Crippen LogP contribution >= 0.6 is 0 Å². The van der Waals surface area contributed by atoms with E-state index in [4.69, 9.17) is 15.2 Å². The SMILES string of the molecule is C=CCOC(=O)[C@@H]1C[C@@H](N)CN1C(=O)OCC1c2ccccc2-c2ccccc21. The predicted molar refractivity (Wildman–Crippen MR) is 109 cm³/mol. The summed E-state index contributed by atoms with van der Waals surface area (Å²) in [6.45, 7) is 4.10. The van der Waals surface area contributed by atoms with Crippen molar-refractivity contribution in [2.75, 3.05) is 19.8 Å². The maximum absolute atomic E-state index is 12.8. The molecule has 1 aliphatic carbocycles. The Labute approximate surface area is 169 Å². The van der Waals surface area contributed by atoms with E-state index in [0.717, 1.165) is 11.1 Å². The molecule has 0 unspecified atom stereocenters. The topological polar surface area (TPSA) is 81.9 Å². The van der Waals surface area contributed by atoms with Crippen LogP contribution in [-0.2, 0) is 14.3 Å². The van der Waals surface area contributed by atoms with Crippen molar-refractivity contribution >= 4 is 12.1 Å². The summed E-state index contributed by atoms with van der Waals surface area (Å²) in [5.74, 6) is -0.514. The van der Waals surface area contributed by atoms with E-state index in [2.05, 4.69) is 30.8 Å². The van der Waals surface area contributed by atoms with Crippen molar-refractivity contribution in [1.29, 1.82) is 0 Å². The van der Waals surface area contributed by atoms with Crippen LogP contribution in [-0.4, -0.2) is 48.8 Å². The number of hydrogen-bond donors (Lipinski definition) is 1. The molecule has 150 valence electrons. The van der Waals surface area contributed by atoms with Crippen LogP contribution in [0.1, 0.15) is 23.5 Å². The molecule has 2 aliphatic rings. The Balaban J connectivity index is 1.48. The van der Waals surface area contributed by atoms with Gasteiger partial charge in [0.1, 0.15) is 19.3 Å². The highest BCUT2D eigenvalue weighted by Gasteiger charge is 2.40. The van der Waals surface area contributed by atoms with Gasteiger partial charge in [-0.05, 0) is 28.7 Å². The number of carbonyl (C=O) groups is 2. The van der Waals surface area contributed by atoms with Gasteiger partial charge in [0.15, 0.2) is 0 Å². The predicted octanol–water partition coefficient (Wildman–Crippen LogP) is 3.07. The van der Waals surface area contributed by atoms with E-state index < -0.39 is 18.1 Å². The van der Waals surface area contributed by atoms with Gasteiger partial charge in [0.25, 0.3) is 0 Å². The third-order valence-corrected chi connectivity index (χ3v) is 5.52. The molecule has 6 nitrogen and oxygen atoms in total. The first-order chi connectivity index (χ1) is 14.1. The molecule has 4 rings (SSSR count). The Morgan fingerprint density at radius 3 is 2.31 bits per heavy atom. The quantitative estimate of drug-likeness (QED) is 0.625. The smallest absolute Gasteiger partial charge is 0.410 e. The number of benzene rings is 2. The summed E-state index contributed by atoms with van der Waals surface area (Å²) in [7, 11) is 0. The van der Waals surface area contributed by atoms with Gasteiger partial charge in [-0.1, -0.05) is 61.2 Å². The minimum Gasteiger partial charge on any atom is -0.460 e. The molecule has 2 N–H and O–H groups in total. The lowest BCUT2D eigenvalue weighted by molar-refractivity contribution is -0.147. The van der Waals surface area contributed by atoms with Gasteiger partial charge in [0, 0.05) is 18.5 Å². The highest BCUT2D eigenvalue weighted by Crippen LogP contribution is 2.44. The molecular weight excluding hydrogens is 368 g/mol. The van der Waals surface area contributed by atoms with E-state index >= 15 is 0 Å². The second kappa shape index (κ2) is 8.09. The van der Waals surface area contributed by atoms with Crippen molar-refractivity contribution in [2.24, 2.45) is 5.73 Å². The summed E-state index contributed by atoms with van der Waals surface area (Å²) in [5, 5.41) is 0. The first-order valence-corrected chi connectivity index (χ1v) is 9.75. The van der Waals surface area contributed by atoms with Crippen LogP contribution in [0, 0.1) is 0 Å². The van der Waals surface area contributed by atoms with E-state index in [1.54, 1.807) is 0 Å². The monoisotopic (exact) mass is 392 g/mol. The molecule has 2 atom stereocenters. The number of nitrogens with two attached hydrogens (primary N) is 1. The van der Waals surface area contributed by atoms with Gasteiger partial charge in [-0.15, -0.1) is 0 Å². The van der Waals surface area contributed by atoms with Crippen molar-refractivity contribution < 1.29 is 19.1 Å². The zero-order chi connectivity index (χ0) is 20.4. The molecule has 1 amide bonds. The highest BCUT2D eigenvalue weighted by atomic mass is 16.6. The number of hydrogen-bond acceptors (Lipinski definition) is 5. The summed E-state index contributed by atoms with van der Waals surface area (Å²) < 4.78 is 10.8. The normalized spacial score (nSPS) is 20.1. The Morgan fingerprint density at radius 2 is 1.69 bits per heavy atom. The van der Waals surface area contributed by atoms with Crippen LogP contribution in [0.3, 0.4) is 0 Å². The molecular formula is C23H24N2O4. The second-order valence-electron chi connectivity index (χ2n) is 7.39. The molecule has 2 aromatic carbocycles. The van der Waals surface area contributed by atoms with Crippen LogP contribution in [0.5, 0.6) is 0 Å². The summed E-state index contributed by atoms with van der Waals surface area (Å²) in [6.07, 6.45) is 1.31. The van der Waals surface area contributed by atoms with Gasteiger partial charge in [0.05, 0.1) is 0 Å². The average molecular weight is 392 g/mol. The number of ether oxygens (including phenoxy) is 2. The lowest BCUT2D eigenvalue weighted by atomic mass is 9.98. The first kappa shape index (κ1) is 19.2. The number of esters is 1. The molecule has 1 aliphatic heterocycles. The van der Waals surface area contributed by atoms with Crippen LogP contribution in [0.2, 0.25) is 0 Å². The molecule has 1 saturated heterocycles. The molecule has 0 spiro atoms. The molecule has 0 aromatic heterocycles. The van der Waals surface area contributed by atoms with E-state index in [-0.39, 0.29) is 31.7 Å². The third kappa shape index (κ3) is 3.63. The lowest BCUT2D eigenvalue weighted by Crippen LogP contribution is -2.42. The highest BCUT2D eigenvalue weighted by molar-refractivity contribution is 5.83. The zero-order valence-electron chi connectivity index (χ0n) is 16.1. The van der Waals surface area contributed by atoms with Crippen LogP contribution < -0.4 is 5.73 Å². The number of amides is 1. The van der Waals surface area contributed by atoms with Crippen molar-refractivity contribution in [1.82, 2.24) is 4.90 Å². The number of rotatable bonds is 5. The summed E-state index contributed by atoms with van der Waals surface area (Å²) in [5.41, 5.74) is 10.6. The van der Waals surface area contributed by atoms with E-state index in [1.165, 1.54) is 22.1 Å². The van der Waals surface area contributed by atoms with E-state index in [9.17, 15) is 9.59 Å². The fraction of sp³-hybridized carbons (Fsp3) is 0.304. The van der Waals surface area contributed by atoms with E-state index in [1.807, 2.05) is 24.3 Å². The summed E-state index contributed by atoms with van der Waals surface area (Å²) >= 11 is 0.